The van der Waals surface area contributed by atoms with Crippen molar-refractivity contribution in [1.82, 2.24) is 13.9 Å². The molecule has 0 radical (unpaired) electrons. The number of carbonyl (C=O) groups is 1. The van der Waals surface area contributed by atoms with Crippen molar-refractivity contribution in [2.75, 3.05) is 33.2 Å². The number of piperazine rings is 1. The van der Waals surface area contributed by atoms with Crippen molar-refractivity contribution in [3.05, 3.63) is 35.9 Å². The molecule has 1 aliphatic heterocycles. The largest absolute Gasteiger partial charge is 0.480 e. The fraction of sp³-hybridized carbons (Fsp3) is 0.500. The molecule has 0 bridgehead atoms. The molecule has 1 saturated heterocycles. The molecule has 1 aliphatic rings. The van der Waals surface area contributed by atoms with Gasteiger partial charge in [0.2, 0.25) is 0 Å². The molecular formula is C14H21N3O4S. The van der Waals surface area contributed by atoms with Crippen molar-refractivity contribution < 1.29 is 18.3 Å². The monoisotopic (exact) mass is 327 g/mol. The minimum Gasteiger partial charge on any atom is -0.480 e. The highest BCUT2D eigenvalue weighted by Crippen LogP contribution is 2.09. The summed E-state index contributed by atoms with van der Waals surface area (Å²) >= 11 is 0. The zero-order valence-electron chi connectivity index (χ0n) is 12.5. The summed E-state index contributed by atoms with van der Waals surface area (Å²) < 4.78 is 28.3. The predicted octanol–water partition coefficient (Wildman–Crippen LogP) is -0.236. The number of carboxylic acid groups (broad SMARTS) is 1. The van der Waals surface area contributed by atoms with E-state index in [9.17, 15) is 18.3 Å². The highest BCUT2D eigenvalue weighted by Gasteiger charge is 2.30. The van der Waals surface area contributed by atoms with Crippen molar-refractivity contribution in [2.45, 2.75) is 12.5 Å². The Hall–Kier alpha value is -1.48. The van der Waals surface area contributed by atoms with Crippen LogP contribution in [-0.4, -0.2) is 68.0 Å². The third kappa shape index (κ3) is 4.51. The smallest absolute Gasteiger partial charge is 0.322 e. The zero-order chi connectivity index (χ0) is 16.2. The maximum Gasteiger partial charge on any atom is 0.322 e. The lowest BCUT2D eigenvalue weighted by Gasteiger charge is -2.32. The molecule has 8 heteroatoms. The van der Waals surface area contributed by atoms with E-state index in [1.165, 1.54) is 4.31 Å². The first-order valence-electron chi connectivity index (χ1n) is 7.11. The molecule has 1 aromatic carbocycles. The van der Waals surface area contributed by atoms with Gasteiger partial charge in [0.15, 0.2) is 0 Å². The molecule has 0 saturated carbocycles. The summed E-state index contributed by atoms with van der Waals surface area (Å²) in [7, 11) is -1.87. The van der Waals surface area contributed by atoms with Crippen LogP contribution in [0.2, 0.25) is 0 Å². The Bertz CT molecular complexity index is 598. The first-order chi connectivity index (χ1) is 10.4. The summed E-state index contributed by atoms with van der Waals surface area (Å²) in [6, 6.07) is 7.80. The second kappa shape index (κ2) is 7.19. The van der Waals surface area contributed by atoms with Gasteiger partial charge in [0.1, 0.15) is 6.04 Å². The molecule has 2 N–H and O–H groups in total. The van der Waals surface area contributed by atoms with Crippen molar-refractivity contribution in [2.24, 2.45) is 0 Å². The topological polar surface area (TPSA) is 90.0 Å². The molecule has 1 aromatic rings. The number of likely N-dealkylation sites (N-methyl/N-ethyl adjacent to an activating group) is 1. The molecule has 0 aliphatic carbocycles. The fourth-order valence-corrected chi connectivity index (χ4v) is 3.65. The lowest BCUT2D eigenvalue weighted by molar-refractivity contribution is -0.138. The minimum absolute atomic E-state index is 0.114. The van der Waals surface area contributed by atoms with Gasteiger partial charge in [-0.15, -0.1) is 0 Å². The zero-order valence-corrected chi connectivity index (χ0v) is 13.3. The third-order valence-electron chi connectivity index (χ3n) is 3.67. The van der Waals surface area contributed by atoms with Crippen LogP contribution in [0.3, 0.4) is 0 Å². The van der Waals surface area contributed by atoms with Crippen LogP contribution in [0, 0.1) is 0 Å². The molecule has 122 valence electrons. The van der Waals surface area contributed by atoms with Crippen LogP contribution in [0.1, 0.15) is 5.56 Å². The number of benzene rings is 1. The van der Waals surface area contributed by atoms with E-state index >= 15 is 0 Å². The van der Waals surface area contributed by atoms with E-state index in [0.717, 1.165) is 5.56 Å². The van der Waals surface area contributed by atoms with Gasteiger partial charge in [0.25, 0.3) is 10.2 Å². The molecule has 0 aromatic heterocycles. The van der Waals surface area contributed by atoms with Gasteiger partial charge >= 0.3 is 5.97 Å². The summed E-state index contributed by atoms with van der Waals surface area (Å²) in [6.07, 6.45) is 0.114. The number of nitrogens with zero attached hydrogens (tertiary/aromatic N) is 2. The van der Waals surface area contributed by atoms with Gasteiger partial charge in [0, 0.05) is 26.2 Å². The van der Waals surface area contributed by atoms with Crippen LogP contribution in [0.4, 0.5) is 0 Å². The summed E-state index contributed by atoms with van der Waals surface area (Å²) in [4.78, 5) is 13.4. The van der Waals surface area contributed by atoms with E-state index in [0.29, 0.717) is 26.2 Å². The third-order valence-corrected chi connectivity index (χ3v) is 5.30. The van der Waals surface area contributed by atoms with E-state index in [1.807, 2.05) is 18.0 Å². The maximum atomic E-state index is 12.3. The number of nitrogens with one attached hydrogen (secondary N) is 1. The average Bonchev–Trinajstić information content (AvgIpc) is 2.48. The molecule has 1 unspecified atom stereocenters. The van der Waals surface area contributed by atoms with E-state index in [1.54, 1.807) is 24.3 Å². The molecule has 2 rings (SSSR count). The lowest BCUT2D eigenvalue weighted by atomic mass is 10.1. The van der Waals surface area contributed by atoms with Crippen LogP contribution in [0.5, 0.6) is 0 Å². The minimum atomic E-state index is -3.80. The van der Waals surface area contributed by atoms with Gasteiger partial charge in [-0.2, -0.15) is 17.4 Å². The Labute approximate surface area is 130 Å². The van der Waals surface area contributed by atoms with E-state index in [-0.39, 0.29) is 6.42 Å². The van der Waals surface area contributed by atoms with Crippen LogP contribution < -0.4 is 4.72 Å². The van der Waals surface area contributed by atoms with Crippen molar-refractivity contribution in [1.29, 1.82) is 0 Å². The van der Waals surface area contributed by atoms with Gasteiger partial charge in [0.05, 0.1) is 0 Å². The summed E-state index contributed by atoms with van der Waals surface area (Å²) in [6.45, 7) is 2.00. The Morgan fingerprint density at radius 2 is 1.82 bits per heavy atom. The Morgan fingerprint density at radius 1 is 1.23 bits per heavy atom. The molecule has 1 fully saturated rings. The standard InChI is InChI=1S/C14H21N3O4S/c1-16-7-9-17(10-8-16)22(20,21)15-13(14(18)19)11-12-5-3-2-4-6-12/h2-6,13,15H,7-11H2,1H3,(H,18,19). The van der Waals surface area contributed by atoms with Crippen molar-refractivity contribution >= 4 is 16.2 Å². The molecule has 7 nitrogen and oxygen atoms in total. The first-order valence-corrected chi connectivity index (χ1v) is 8.55. The second-order valence-corrected chi connectivity index (χ2v) is 7.11. The van der Waals surface area contributed by atoms with Gasteiger partial charge in [-0.3, -0.25) is 4.79 Å². The van der Waals surface area contributed by atoms with Gasteiger partial charge in [-0.1, -0.05) is 30.3 Å². The summed E-state index contributed by atoms with van der Waals surface area (Å²) in [5.74, 6) is -1.18. The number of hydrogen-bond acceptors (Lipinski definition) is 4. The number of carboxylic acids is 1. The van der Waals surface area contributed by atoms with E-state index in [2.05, 4.69) is 4.72 Å². The SMILES string of the molecule is CN1CCN(S(=O)(=O)NC(Cc2ccccc2)C(=O)O)CC1. The normalized spacial score (nSPS) is 19.0. The molecular weight excluding hydrogens is 306 g/mol. The highest BCUT2D eigenvalue weighted by atomic mass is 32.2. The number of aliphatic carboxylic acids is 1. The average molecular weight is 327 g/mol. The fourth-order valence-electron chi connectivity index (χ4n) is 2.31. The lowest BCUT2D eigenvalue weighted by Crippen LogP contribution is -2.54. The van der Waals surface area contributed by atoms with Crippen molar-refractivity contribution in [3.63, 3.8) is 0 Å². The van der Waals surface area contributed by atoms with Crippen LogP contribution in [0.25, 0.3) is 0 Å². The van der Waals surface area contributed by atoms with Gasteiger partial charge < -0.3 is 10.0 Å². The maximum absolute atomic E-state index is 12.3. The van der Waals surface area contributed by atoms with E-state index < -0.39 is 22.2 Å². The highest BCUT2D eigenvalue weighted by molar-refractivity contribution is 7.87. The Balaban J connectivity index is 2.05. The van der Waals surface area contributed by atoms with Gasteiger partial charge in [-0.25, -0.2) is 0 Å². The first kappa shape index (κ1) is 16.9. The van der Waals surface area contributed by atoms with Gasteiger partial charge in [-0.05, 0) is 19.0 Å². The van der Waals surface area contributed by atoms with Crippen molar-refractivity contribution in [3.8, 4) is 0 Å². The molecule has 0 spiro atoms. The van der Waals surface area contributed by atoms with Crippen LogP contribution in [0.15, 0.2) is 30.3 Å². The quantitative estimate of drug-likeness (QED) is 0.753. The molecule has 1 atom stereocenters. The molecule has 1 heterocycles. The van der Waals surface area contributed by atoms with Crippen LogP contribution in [-0.2, 0) is 21.4 Å². The summed E-state index contributed by atoms with van der Waals surface area (Å²) in [5.41, 5.74) is 0.774. The Morgan fingerprint density at radius 3 is 2.36 bits per heavy atom. The Kier molecular flexibility index (Phi) is 5.52. The molecule has 22 heavy (non-hydrogen) atoms. The van der Waals surface area contributed by atoms with E-state index in [4.69, 9.17) is 0 Å². The summed E-state index contributed by atoms with van der Waals surface area (Å²) in [5, 5.41) is 9.28. The second-order valence-electron chi connectivity index (χ2n) is 5.41. The predicted molar refractivity (Wildman–Crippen MR) is 82.7 cm³/mol. The number of hydrogen-bond donors (Lipinski definition) is 2. The van der Waals surface area contributed by atoms with Crippen LogP contribution >= 0.6 is 0 Å². The molecule has 0 amide bonds. The number of rotatable bonds is 6.